The van der Waals surface area contributed by atoms with Crippen molar-refractivity contribution in [2.75, 3.05) is 42.2 Å². The summed E-state index contributed by atoms with van der Waals surface area (Å²) >= 11 is 0. The van der Waals surface area contributed by atoms with E-state index in [2.05, 4.69) is 4.98 Å². The molecule has 1 aliphatic rings. The van der Waals surface area contributed by atoms with Crippen LogP contribution in [0.1, 0.15) is 45.2 Å². The Labute approximate surface area is 228 Å². The lowest BCUT2D eigenvalue weighted by Crippen LogP contribution is -2.48. The summed E-state index contributed by atoms with van der Waals surface area (Å²) in [5.41, 5.74) is 7.58. The van der Waals surface area contributed by atoms with Gasteiger partial charge in [-0.3, -0.25) is 28.7 Å². The second kappa shape index (κ2) is 11.9. The second-order valence-corrected chi connectivity index (χ2v) is 11.2. The van der Waals surface area contributed by atoms with E-state index < -0.39 is 23.1 Å². The maximum atomic E-state index is 13.5. The van der Waals surface area contributed by atoms with Gasteiger partial charge in [0, 0.05) is 38.8 Å². The molecule has 0 radical (unpaired) electrons. The number of aromatic amines is 1. The Morgan fingerprint density at radius 1 is 1.10 bits per heavy atom. The summed E-state index contributed by atoms with van der Waals surface area (Å²) in [4.78, 5) is 71.4. The minimum Gasteiger partial charge on any atom is -0.383 e. The van der Waals surface area contributed by atoms with E-state index in [0.717, 1.165) is 16.8 Å². The van der Waals surface area contributed by atoms with Crippen molar-refractivity contribution in [2.24, 2.45) is 17.8 Å². The molecule has 1 atom stereocenters. The zero-order chi connectivity index (χ0) is 29.2. The molecular formula is C28H40N6O5. The number of carbonyl (C=O) groups is 3. The molecule has 2 heterocycles. The maximum absolute atomic E-state index is 13.5. The number of likely N-dealkylation sites (N-methyl/N-ethyl adjacent to an activating group) is 1. The summed E-state index contributed by atoms with van der Waals surface area (Å²) in [7, 11) is 1.51. The number of amides is 3. The molecule has 1 fully saturated rings. The van der Waals surface area contributed by atoms with Gasteiger partial charge in [0.1, 0.15) is 5.82 Å². The molecule has 0 spiro atoms. The van der Waals surface area contributed by atoms with Crippen molar-refractivity contribution >= 4 is 34.9 Å². The van der Waals surface area contributed by atoms with Gasteiger partial charge >= 0.3 is 5.69 Å². The lowest BCUT2D eigenvalue weighted by molar-refractivity contribution is -0.137. The first-order valence-electron chi connectivity index (χ1n) is 13.3. The number of hydrogen-bond acceptors (Lipinski definition) is 6. The van der Waals surface area contributed by atoms with Crippen LogP contribution >= 0.6 is 0 Å². The average Bonchev–Trinajstić information content (AvgIpc) is 3.22. The van der Waals surface area contributed by atoms with Crippen LogP contribution in [0.5, 0.6) is 0 Å². The molecule has 11 nitrogen and oxygen atoms in total. The van der Waals surface area contributed by atoms with Crippen LogP contribution in [0.2, 0.25) is 0 Å². The van der Waals surface area contributed by atoms with Crippen molar-refractivity contribution < 1.29 is 14.4 Å². The van der Waals surface area contributed by atoms with Gasteiger partial charge in [-0.05, 0) is 42.9 Å². The molecule has 39 heavy (non-hydrogen) atoms. The van der Waals surface area contributed by atoms with Crippen LogP contribution in [0.4, 0.5) is 17.2 Å². The Morgan fingerprint density at radius 2 is 1.77 bits per heavy atom. The van der Waals surface area contributed by atoms with Crippen LogP contribution in [0.3, 0.4) is 0 Å². The summed E-state index contributed by atoms with van der Waals surface area (Å²) in [5.74, 6) is -1.64. The molecule has 0 bridgehead atoms. The molecule has 0 saturated carbocycles. The SMILES string of the molecule is Cc1cccc(N2C[C@@H](C(=O)N(C)CC(=O)N(CC(C)C)c3c(N)n(CC(C)C)c(=O)[nH]c3=O)CC2=O)c1C. The van der Waals surface area contributed by atoms with Crippen LogP contribution in [-0.4, -0.2) is 58.9 Å². The van der Waals surface area contributed by atoms with Gasteiger partial charge in [-0.1, -0.05) is 39.8 Å². The van der Waals surface area contributed by atoms with Gasteiger partial charge in [0.05, 0.1) is 12.5 Å². The number of hydrogen-bond donors (Lipinski definition) is 2. The number of H-pyrrole nitrogens is 1. The molecule has 3 N–H and O–H groups in total. The van der Waals surface area contributed by atoms with Crippen LogP contribution in [-0.2, 0) is 20.9 Å². The van der Waals surface area contributed by atoms with Crippen LogP contribution in [0, 0.1) is 31.6 Å². The number of aryl methyl sites for hydroxylation is 1. The highest BCUT2D eigenvalue weighted by atomic mass is 16.2. The zero-order valence-electron chi connectivity index (χ0n) is 23.9. The standard InChI is InChI=1S/C28H40N6O5/c1-16(2)12-33(24-25(29)34(13-17(3)4)28(39)30-26(24)37)23(36)15-31(7)27(38)20-11-22(35)32(14-20)21-10-8-9-18(5)19(21)6/h8-10,16-17,20H,11-15,29H2,1-7H3,(H,30,37,39)/t20-/m0/s1. The van der Waals surface area contributed by atoms with Gasteiger partial charge in [-0.2, -0.15) is 0 Å². The third-order valence-electron chi connectivity index (χ3n) is 6.97. The Balaban J connectivity index is 1.83. The highest BCUT2D eigenvalue weighted by Crippen LogP contribution is 2.30. The van der Waals surface area contributed by atoms with Gasteiger partial charge in [0.25, 0.3) is 5.56 Å². The third kappa shape index (κ3) is 6.40. The summed E-state index contributed by atoms with van der Waals surface area (Å²) in [6.45, 7) is 11.8. The topological polar surface area (TPSA) is 142 Å². The number of nitrogens with one attached hydrogen (secondary N) is 1. The van der Waals surface area contributed by atoms with E-state index in [-0.39, 0.29) is 67.8 Å². The van der Waals surface area contributed by atoms with Gasteiger partial charge in [0.15, 0.2) is 5.69 Å². The Kier molecular flexibility index (Phi) is 9.03. The first kappa shape index (κ1) is 29.7. The molecule has 1 aromatic carbocycles. The fourth-order valence-electron chi connectivity index (χ4n) is 4.88. The number of nitrogen functional groups attached to an aromatic ring is 1. The smallest absolute Gasteiger partial charge is 0.330 e. The van der Waals surface area contributed by atoms with E-state index in [1.165, 1.54) is 21.4 Å². The number of aromatic nitrogens is 2. The maximum Gasteiger partial charge on any atom is 0.330 e. The van der Waals surface area contributed by atoms with Crippen molar-refractivity contribution in [1.29, 1.82) is 0 Å². The predicted octanol–water partition coefficient (Wildman–Crippen LogP) is 1.89. The molecule has 11 heteroatoms. The normalized spacial score (nSPS) is 15.4. The molecule has 0 aliphatic carbocycles. The highest BCUT2D eigenvalue weighted by molar-refractivity contribution is 6.02. The molecule has 0 unspecified atom stereocenters. The van der Waals surface area contributed by atoms with E-state index >= 15 is 0 Å². The molecule has 1 aromatic heterocycles. The van der Waals surface area contributed by atoms with E-state index in [9.17, 15) is 24.0 Å². The van der Waals surface area contributed by atoms with E-state index in [1.54, 1.807) is 4.90 Å². The highest BCUT2D eigenvalue weighted by Gasteiger charge is 2.38. The van der Waals surface area contributed by atoms with Crippen molar-refractivity contribution in [2.45, 2.75) is 54.5 Å². The summed E-state index contributed by atoms with van der Waals surface area (Å²) < 4.78 is 1.25. The molecular weight excluding hydrogens is 500 g/mol. The quantitative estimate of drug-likeness (QED) is 0.498. The van der Waals surface area contributed by atoms with Crippen LogP contribution in [0.25, 0.3) is 0 Å². The fourth-order valence-corrected chi connectivity index (χ4v) is 4.88. The fraction of sp³-hybridized carbons (Fsp3) is 0.536. The average molecular weight is 541 g/mol. The molecule has 212 valence electrons. The first-order valence-corrected chi connectivity index (χ1v) is 13.3. The number of anilines is 3. The molecule has 1 aliphatic heterocycles. The number of nitrogens with zero attached hydrogens (tertiary/aromatic N) is 4. The predicted molar refractivity (Wildman–Crippen MR) is 152 cm³/mol. The largest absolute Gasteiger partial charge is 0.383 e. The molecule has 1 saturated heterocycles. The van der Waals surface area contributed by atoms with E-state index in [4.69, 9.17) is 5.73 Å². The number of carbonyl (C=O) groups excluding carboxylic acids is 3. The zero-order valence-corrected chi connectivity index (χ0v) is 23.9. The van der Waals surface area contributed by atoms with Gasteiger partial charge in [-0.15, -0.1) is 0 Å². The summed E-state index contributed by atoms with van der Waals surface area (Å²) in [6, 6.07) is 5.72. The lowest BCUT2D eigenvalue weighted by Gasteiger charge is -2.29. The number of benzene rings is 1. The minimum atomic E-state index is -0.758. The number of nitrogens with two attached hydrogens (primary N) is 1. The molecule has 2 aromatic rings. The van der Waals surface area contributed by atoms with Gasteiger partial charge < -0.3 is 20.4 Å². The molecule has 3 amide bonds. The van der Waals surface area contributed by atoms with Crippen molar-refractivity contribution in [3.63, 3.8) is 0 Å². The molecule has 3 rings (SSSR count). The van der Waals surface area contributed by atoms with Crippen molar-refractivity contribution in [3.8, 4) is 0 Å². The Hall–Kier alpha value is -3.89. The van der Waals surface area contributed by atoms with Crippen LogP contribution < -0.4 is 26.8 Å². The second-order valence-electron chi connectivity index (χ2n) is 11.2. The lowest BCUT2D eigenvalue weighted by atomic mass is 10.1. The minimum absolute atomic E-state index is 0.0298. The number of rotatable bonds is 9. The van der Waals surface area contributed by atoms with E-state index in [1.807, 2.05) is 59.7 Å². The van der Waals surface area contributed by atoms with Crippen molar-refractivity contribution in [3.05, 3.63) is 50.2 Å². The third-order valence-corrected chi connectivity index (χ3v) is 6.97. The van der Waals surface area contributed by atoms with Gasteiger partial charge in [0.2, 0.25) is 17.7 Å². The Morgan fingerprint density at radius 3 is 2.38 bits per heavy atom. The van der Waals surface area contributed by atoms with E-state index in [0.29, 0.717) is 0 Å². The summed E-state index contributed by atoms with van der Waals surface area (Å²) in [5, 5.41) is 0. The van der Waals surface area contributed by atoms with Crippen LogP contribution in [0.15, 0.2) is 27.8 Å². The van der Waals surface area contributed by atoms with Crippen molar-refractivity contribution in [1.82, 2.24) is 14.5 Å². The van der Waals surface area contributed by atoms with Gasteiger partial charge in [-0.25, -0.2) is 4.79 Å². The first-order chi connectivity index (χ1) is 18.2. The Bertz CT molecular complexity index is 1380. The monoisotopic (exact) mass is 540 g/mol. The summed E-state index contributed by atoms with van der Waals surface area (Å²) in [6.07, 6.45) is 0.0488.